The standard InChI is InChI=1S/C37H50N4O9Si/c1-11-37(48-29(42)13-14-38-33(45)49-35(3,4)5)25-18-26-30(31(43)24(25)20-47-32(37)44)41-19-23-21(16-28(41)40-26)15-22(17-27(23)51(9,10)12-2)39-34(46)50-36(6,7)8/h15-17,40H,11-14,18-20H2,1-10H3,(H,38,45)(H,39,46). The van der Waals surface area contributed by atoms with Gasteiger partial charge in [-0.3, -0.25) is 14.9 Å². The number of carbonyl (C=O) groups excluding carboxylic acids is 5. The molecule has 5 rings (SSSR count). The number of fused-ring (bicyclic) bond motifs is 3. The van der Waals surface area contributed by atoms with Gasteiger partial charge in [0.15, 0.2) is 0 Å². The molecule has 1 unspecified atom stereocenters. The lowest BCUT2D eigenvalue weighted by molar-refractivity contribution is -0.180. The number of Topliss-reactive ketones (excluding diaryl/α,β-unsaturated/α-hetero) is 1. The number of ether oxygens (including phenoxy) is 4. The summed E-state index contributed by atoms with van der Waals surface area (Å²) in [6.07, 6.45) is 0.755. The molecule has 1 atom stereocenters. The fourth-order valence-electron chi connectivity index (χ4n) is 6.66. The number of alkyl carbamates (subject to hydrolysis) is 1. The SMILES string of the molecule is CCC1(OC(=O)CCNC(=O)OC(C)(C)C)C(=O)OCC2=C1CC1=C(C2=O)N2Cc3c(cc(NC(=O)OC(C)(C)C)cc3[Si](C)(C)CC)C=C2N1. The van der Waals surface area contributed by atoms with Crippen molar-refractivity contribution in [3.8, 4) is 0 Å². The third kappa shape index (κ3) is 7.70. The summed E-state index contributed by atoms with van der Waals surface area (Å²) in [5.41, 5.74) is 1.26. The van der Waals surface area contributed by atoms with Crippen LogP contribution in [0.3, 0.4) is 0 Å². The molecule has 2 amide bonds. The van der Waals surface area contributed by atoms with E-state index in [9.17, 15) is 24.0 Å². The highest BCUT2D eigenvalue weighted by Gasteiger charge is 2.54. The van der Waals surface area contributed by atoms with Crippen molar-refractivity contribution < 1.29 is 42.9 Å². The normalized spacial score (nSPS) is 19.9. The van der Waals surface area contributed by atoms with Crippen LogP contribution in [0.1, 0.15) is 85.8 Å². The number of nitrogens with zero attached hydrogens (tertiary/aromatic N) is 1. The van der Waals surface area contributed by atoms with E-state index in [1.165, 1.54) is 5.19 Å². The summed E-state index contributed by atoms with van der Waals surface area (Å²) in [5, 5.41) is 10.0. The van der Waals surface area contributed by atoms with Crippen molar-refractivity contribution in [2.24, 2.45) is 0 Å². The van der Waals surface area contributed by atoms with Crippen LogP contribution in [0.15, 0.2) is 40.5 Å². The van der Waals surface area contributed by atoms with E-state index in [-0.39, 0.29) is 38.2 Å². The predicted molar refractivity (Wildman–Crippen MR) is 193 cm³/mol. The maximum absolute atomic E-state index is 14.3. The van der Waals surface area contributed by atoms with Gasteiger partial charge in [-0.2, -0.15) is 0 Å². The van der Waals surface area contributed by atoms with Crippen LogP contribution in [0.4, 0.5) is 15.3 Å². The lowest BCUT2D eigenvalue weighted by atomic mass is 9.78. The van der Waals surface area contributed by atoms with Crippen LogP contribution < -0.4 is 21.1 Å². The molecule has 0 spiro atoms. The second kappa shape index (κ2) is 13.5. The topological polar surface area (TPSA) is 162 Å². The Hall–Kier alpha value is -4.59. The summed E-state index contributed by atoms with van der Waals surface area (Å²) in [6, 6.07) is 4.92. The van der Waals surface area contributed by atoms with Gasteiger partial charge < -0.3 is 34.5 Å². The largest absolute Gasteiger partial charge is 0.457 e. The van der Waals surface area contributed by atoms with Gasteiger partial charge in [-0.25, -0.2) is 14.4 Å². The van der Waals surface area contributed by atoms with Crippen LogP contribution in [0, 0.1) is 0 Å². The minimum Gasteiger partial charge on any atom is -0.457 e. The third-order valence-corrected chi connectivity index (χ3v) is 13.1. The minimum absolute atomic E-state index is 0.0527. The first-order chi connectivity index (χ1) is 23.7. The number of hydrogen-bond donors (Lipinski definition) is 3. The van der Waals surface area contributed by atoms with E-state index in [1.54, 1.807) is 27.7 Å². The Bertz CT molecular complexity index is 1780. The van der Waals surface area contributed by atoms with Crippen molar-refractivity contribution in [1.29, 1.82) is 0 Å². The van der Waals surface area contributed by atoms with Crippen LogP contribution in [0.25, 0.3) is 6.08 Å². The van der Waals surface area contributed by atoms with Crippen LogP contribution >= 0.6 is 0 Å². The zero-order valence-electron chi connectivity index (χ0n) is 31.3. The molecular formula is C37H50N4O9Si. The number of benzene rings is 1. The molecule has 276 valence electrons. The number of rotatable bonds is 8. The van der Waals surface area contributed by atoms with Gasteiger partial charge in [0.2, 0.25) is 11.4 Å². The number of anilines is 1. The van der Waals surface area contributed by atoms with E-state index in [1.807, 2.05) is 43.9 Å². The molecule has 0 saturated heterocycles. The third-order valence-electron chi connectivity index (χ3n) is 9.43. The Balaban J connectivity index is 1.41. The van der Waals surface area contributed by atoms with Crippen molar-refractivity contribution in [1.82, 2.24) is 15.5 Å². The monoisotopic (exact) mass is 722 g/mol. The van der Waals surface area contributed by atoms with E-state index in [0.29, 0.717) is 40.6 Å². The lowest BCUT2D eigenvalue weighted by Gasteiger charge is -2.39. The van der Waals surface area contributed by atoms with E-state index in [4.69, 9.17) is 18.9 Å². The molecule has 1 aliphatic carbocycles. The van der Waals surface area contributed by atoms with Gasteiger partial charge in [0.25, 0.3) is 0 Å². The van der Waals surface area contributed by atoms with Gasteiger partial charge in [-0.05, 0) is 77.3 Å². The molecule has 13 nitrogen and oxygen atoms in total. The summed E-state index contributed by atoms with van der Waals surface area (Å²) < 4.78 is 22.1. The number of nitrogens with one attached hydrogen (secondary N) is 3. The number of amides is 2. The quantitative estimate of drug-likeness (QED) is 0.181. The first kappa shape index (κ1) is 37.7. The zero-order chi connectivity index (χ0) is 37.7. The second-order valence-corrected chi connectivity index (χ2v) is 20.9. The van der Waals surface area contributed by atoms with Crippen molar-refractivity contribution in [3.63, 3.8) is 0 Å². The lowest BCUT2D eigenvalue weighted by Crippen LogP contribution is -2.52. The van der Waals surface area contributed by atoms with E-state index < -0.39 is 49.0 Å². The average Bonchev–Trinajstić information content (AvgIpc) is 3.36. The van der Waals surface area contributed by atoms with Crippen LogP contribution in [-0.2, 0) is 39.9 Å². The van der Waals surface area contributed by atoms with Crippen LogP contribution in [-0.4, -0.2) is 72.8 Å². The van der Waals surface area contributed by atoms with Crippen molar-refractivity contribution >= 4 is 54.9 Å². The van der Waals surface area contributed by atoms with Crippen LogP contribution in [0.2, 0.25) is 19.1 Å². The minimum atomic E-state index is -1.98. The molecule has 0 fully saturated rings. The molecule has 4 aliphatic rings. The molecule has 3 N–H and O–H groups in total. The van der Waals surface area contributed by atoms with Crippen molar-refractivity contribution in [3.05, 3.63) is 51.6 Å². The molecule has 0 aromatic heterocycles. The number of carbonyl (C=O) groups is 5. The number of ketones is 1. The second-order valence-electron chi connectivity index (χ2n) is 15.9. The van der Waals surface area contributed by atoms with Gasteiger partial charge in [0, 0.05) is 35.5 Å². The highest BCUT2D eigenvalue weighted by molar-refractivity contribution is 6.90. The molecule has 3 aliphatic heterocycles. The summed E-state index contributed by atoms with van der Waals surface area (Å²) in [4.78, 5) is 67.6. The fourth-order valence-corrected chi connectivity index (χ4v) is 8.63. The molecule has 1 aromatic carbocycles. The van der Waals surface area contributed by atoms with Gasteiger partial charge in [-0.15, -0.1) is 0 Å². The average molecular weight is 723 g/mol. The predicted octanol–water partition coefficient (Wildman–Crippen LogP) is 5.33. The Morgan fingerprint density at radius 3 is 2.31 bits per heavy atom. The Morgan fingerprint density at radius 2 is 1.69 bits per heavy atom. The van der Waals surface area contributed by atoms with Crippen LogP contribution in [0.5, 0.6) is 0 Å². The Kier molecular flexibility index (Phi) is 9.98. The fraction of sp³-hybridized carbons (Fsp3) is 0.541. The molecule has 0 bridgehead atoms. The Morgan fingerprint density at radius 1 is 1.02 bits per heavy atom. The maximum atomic E-state index is 14.3. The summed E-state index contributed by atoms with van der Waals surface area (Å²) >= 11 is 0. The van der Waals surface area contributed by atoms with Crippen molar-refractivity contribution in [2.75, 3.05) is 18.5 Å². The molecule has 51 heavy (non-hydrogen) atoms. The van der Waals surface area contributed by atoms with E-state index >= 15 is 0 Å². The number of allylic oxidation sites excluding steroid dienone is 2. The van der Waals surface area contributed by atoms with Crippen molar-refractivity contribution in [2.45, 2.75) is 117 Å². The van der Waals surface area contributed by atoms with Gasteiger partial charge >= 0.3 is 24.1 Å². The summed E-state index contributed by atoms with van der Waals surface area (Å²) in [7, 11) is -1.98. The van der Waals surface area contributed by atoms with Gasteiger partial charge in [0.1, 0.15) is 29.3 Å². The Labute approximate surface area is 300 Å². The first-order valence-electron chi connectivity index (χ1n) is 17.5. The highest BCUT2D eigenvalue weighted by atomic mass is 28.3. The maximum Gasteiger partial charge on any atom is 0.412 e. The zero-order valence-corrected chi connectivity index (χ0v) is 32.3. The number of cyclic esters (lactones) is 1. The number of esters is 2. The van der Waals surface area contributed by atoms with E-state index in [2.05, 4.69) is 36.0 Å². The van der Waals surface area contributed by atoms with E-state index in [0.717, 1.165) is 17.2 Å². The summed E-state index contributed by atoms with van der Waals surface area (Å²) in [5.74, 6) is -1.07. The smallest absolute Gasteiger partial charge is 0.412 e. The number of hydrogen-bond acceptors (Lipinski definition) is 11. The molecule has 3 heterocycles. The highest BCUT2D eigenvalue weighted by Crippen LogP contribution is 2.46. The van der Waals surface area contributed by atoms with Gasteiger partial charge in [0.05, 0.1) is 21.0 Å². The molecule has 0 radical (unpaired) electrons. The van der Waals surface area contributed by atoms with Gasteiger partial charge in [-0.1, -0.05) is 38.2 Å². The molecular weight excluding hydrogens is 673 g/mol. The summed E-state index contributed by atoms with van der Waals surface area (Å²) in [6.45, 7) is 19.2. The molecule has 1 aromatic rings. The molecule has 0 saturated carbocycles. The first-order valence-corrected chi connectivity index (χ1v) is 20.7. The molecule has 14 heteroatoms.